The van der Waals surface area contributed by atoms with E-state index in [0.717, 1.165) is 11.1 Å². The number of carbonyl (C=O) groups is 2. The first-order valence-corrected chi connectivity index (χ1v) is 6.04. The number of carbonyl (C=O) groups excluding carboxylic acids is 1. The zero-order valence-electron chi connectivity index (χ0n) is 11.2. The molecular formula is C15H14N2O3. The number of anilines is 1. The van der Waals surface area contributed by atoms with Crippen LogP contribution in [-0.2, 0) is 0 Å². The Kier molecular flexibility index (Phi) is 3.79. The van der Waals surface area contributed by atoms with E-state index in [4.69, 9.17) is 5.11 Å². The fraction of sp³-hybridized carbons (Fsp3) is 0.133. The summed E-state index contributed by atoms with van der Waals surface area (Å²) in [4.78, 5) is 26.8. The molecule has 0 spiro atoms. The number of aromatic carboxylic acids is 1. The lowest BCUT2D eigenvalue weighted by molar-refractivity contribution is 0.0696. The zero-order valence-corrected chi connectivity index (χ0v) is 11.2. The van der Waals surface area contributed by atoms with Crippen LogP contribution in [0, 0.1) is 13.8 Å². The molecule has 1 aromatic carbocycles. The quantitative estimate of drug-likeness (QED) is 0.898. The summed E-state index contributed by atoms with van der Waals surface area (Å²) in [5, 5.41) is 11.5. The van der Waals surface area contributed by atoms with Crippen molar-refractivity contribution >= 4 is 17.6 Å². The Labute approximate surface area is 116 Å². The molecule has 0 radical (unpaired) electrons. The highest BCUT2D eigenvalue weighted by molar-refractivity contribution is 6.04. The molecule has 0 unspecified atom stereocenters. The van der Waals surface area contributed by atoms with Crippen LogP contribution in [0.3, 0.4) is 0 Å². The van der Waals surface area contributed by atoms with Gasteiger partial charge >= 0.3 is 5.97 Å². The van der Waals surface area contributed by atoms with Crippen molar-refractivity contribution in [3.05, 3.63) is 58.9 Å². The van der Waals surface area contributed by atoms with Crippen LogP contribution in [0.1, 0.15) is 31.8 Å². The van der Waals surface area contributed by atoms with Crippen molar-refractivity contribution in [3.63, 3.8) is 0 Å². The van der Waals surface area contributed by atoms with E-state index >= 15 is 0 Å². The predicted octanol–water partition coefficient (Wildman–Crippen LogP) is 2.65. The van der Waals surface area contributed by atoms with E-state index in [2.05, 4.69) is 10.3 Å². The molecule has 0 atom stereocenters. The fourth-order valence-electron chi connectivity index (χ4n) is 1.93. The molecule has 20 heavy (non-hydrogen) atoms. The number of pyridine rings is 1. The van der Waals surface area contributed by atoms with Crippen LogP contribution in [0.15, 0.2) is 36.7 Å². The Morgan fingerprint density at radius 1 is 1.00 bits per heavy atom. The maximum Gasteiger partial charge on any atom is 0.337 e. The predicted molar refractivity (Wildman–Crippen MR) is 75.1 cm³/mol. The van der Waals surface area contributed by atoms with Gasteiger partial charge in [0.2, 0.25) is 0 Å². The van der Waals surface area contributed by atoms with Crippen LogP contribution in [0.5, 0.6) is 0 Å². The van der Waals surface area contributed by atoms with Gasteiger partial charge in [0.15, 0.2) is 0 Å². The van der Waals surface area contributed by atoms with Gasteiger partial charge in [-0.1, -0.05) is 17.2 Å². The normalized spacial score (nSPS) is 10.1. The molecular weight excluding hydrogens is 256 g/mol. The van der Waals surface area contributed by atoms with E-state index in [9.17, 15) is 9.59 Å². The Hall–Kier alpha value is -2.69. The average Bonchev–Trinajstić information content (AvgIpc) is 2.37. The number of amides is 1. The monoisotopic (exact) mass is 270 g/mol. The third kappa shape index (κ3) is 3.20. The molecule has 0 saturated heterocycles. The first kappa shape index (κ1) is 13.7. The second kappa shape index (κ2) is 5.52. The standard InChI is InChI=1S/C15H14N2O3/c1-9-3-10(2)5-11(4-9)14(18)17-13-6-12(15(19)20)7-16-8-13/h3-8H,1-2H3,(H,17,18)(H,19,20). The second-order valence-corrected chi connectivity index (χ2v) is 4.60. The van der Waals surface area contributed by atoms with E-state index in [1.807, 2.05) is 19.9 Å². The number of rotatable bonds is 3. The van der Waals surface area contributed by atoms with Crippen molar-refractivity contribution in [3.8, 4) is 0 Å². The van der Waals surface area contributed by atoms with E-state index in [1.54, 1.807) is 12.1 Å². The highest BCUT2D eigenvalue weighted by Crippen LogP contribution is 2.13. The van der Waals surface area contributed by atoms with Crippen molar-refractivity contribution in [1.29, 1.82) is 0 Å². The minimum absolute atomic E-state index is 0.0308. The third-order valence-electron chi connectivity index (χ3n) is 2.73. The Morgan fingerprint density at radius 2 is 1.65 bits per heavy atom. The van der Waals surface area contributed by atoms with Gasteiger partial charge in [-0.15, -0.1) is 0 Å². The van der Waals surface area contributed by atoms with Gasteiger partial charge in [-0.3, -0.25) is 9.78 Å². The summed E-state index contributed by atoms with van der Waals surface area (Å²) in [6.07, 6.45) is 2.64. The number of carboxylic acid groups (broad SMARTS) is 1. The molecule has 1 heterocycles. The molecule has 102 valence electrons. The van der Waals surface area contributed by atoms with E-state index in [-0.39, 0.29) is 11.5 Å². The molecule has 2 rings (SSSR count). The fourth-order valence-corrected chi connectivity index (χ4v) is 1.93. The topological polar surface area (TPSA) is 79.3 Å². The molecule has 5 nitrogen and oxygen atoms in total. The molecule has 0 fully saturated rings. The number of hydrogen-bond acceptors (Lipinski definition) is 3. The minimum atomic E-state index is -1.08. The minimum Gasteiger partial charge on any atom is -0.478 e. The van der Waals surface area contributed by atoms with Gasteiger partial charge < -0.3 is 10.4 Å². The summed E-state index contributed by atoms with van der Waals surface area (Å²) in [5.41, 5.74) is 2.90. The summed E-state index contributed by atoms with van der Waals surface area (Å²) in [7, 11) is 0. The molecule has 1 amide bonds. The Balaban J connectivity index is 2.23. The van der Waals surface area contributed by atoms with Crippen LogP contribution in [0.2, 0.25) is 0 Å². The van der Waals surface area contributed by atoms with Crippen molar-refractivity contribution in [2.24, 2.45) is 0 Å². The largest absolute Gasteiger partial charge is 0.478 e. The summed E-state index contributed by atoms with van der Waals surface area (Å²) in [6, 6.07) is 6.90. The number of carboxylic acids is 1. The number of aromatic nitrogens is 1. The summed E-state index contributed by atoms with van der Waals surface area (Å²) in [5.74, 6) is -1.37. The van der Waals surface area contributed by atoms with Crippen LogP contribution in [0.4, 0.5) is 5.69 Å². The second-order valence-electron chi connectivity index (χ2n) is 4.60. The number of hydrogen-bond donors (Lipinski definition) is 2. The third-order valence-corrected chi connectivity index (χ3v) is 2.73. The lowest BCUT2D eigenvalue weighted by Gasteiger charge is -2.07. The lowest BCUT2D eigenvalue weighted by atomic mass is 10.1. The van der Waals surface area contributed by atoms with Crippen molar-refractivity contribution < 1.29 is 14.7 Å². The molecule has 0 bridgehead atoms. The number of nitrogens with zero attached hydrogens (tertiary/aromatic N) is 1. The Morgan fingerprint density at radius 3 is 2.25 bits per heavy atom. The highest BCUT2D eigenvalue weighted by Gasteiger charge is 2.09. The highest BCUT2D eigenvalue weighted by atomic mass is 16.4. The average molecular weight is 270 g/mol. The molecule has 5 heteroatoms. The van der Waals surface area contributed by atoms with Gasteiger partial charge in [0.05, 0.1) is 17.4 Å². The first-order valence-electron chi connectivity index (χ1n) is 6.04. The van der Waals surface area contributed by atoms with Crippen molar-refractivity contribution in [1.82, 2.24) is 4.98 Å². The van der Waals surface area contributed by atoms with E-state index < -0.39 is 5.97 Å². The van der Waals surface area contributed by atoms with Gasteiger partial charge in [0, 0.05) is 11.8 Å². The van der Waals surface area contributed by atoms with Crippen LogP contribution in [-0.4, -0.2) is 22.0 Å². The van der Waals surface area contributed by atoms with Gasteiger partial charge in [-0.25, -0.2) is 4.79 Å². The summed E-state index contributed by atoms with van der Waals surface area (Å²) >= 11 is 0. The van der Waals surface area contributed by atoms with Gasteiger partial charge in [0.1, 0.15) is 0 Å². The van der Waals surface area contributed by atoms with Crippen LogP contribution < -0.4 is 5.32 Å². The van der Waals surface area contributed by atoms with Gasteiger partial charge in [-0.2, -0.15) is 0 Å². The molecule has 0 aliphatic carbocycles. The number of nitrogens with one attached hydrogen (secondary N) is 1. The molecule has 2 aromatic rings. The smallest absolute Gasteiger partial charge is 0.337 e. The molecule has 0 aliphatic rings. The molecule has 1 aromatic heterocycles. The van der Waals surface area contributed by atoms with Crippen LogP contribution in [0.25, 0.3) is 0 Å². The van der Waals surface area contributed by atoms with Crippen molar-refractivity contribution in [2.45, 2.75) is 13.8 Å². The van der Waals surface area contributed by atoms with Crippen molar-refractivity contribution in [2.75, 3.05) is 5.32 Å². The van der Waals surface area contributed by atoms with Crippen LogP contribution >= 0.6 is 0 Å². The maximum atomic E-state index is 12.1. The zero-order chi connectivity index (χ0) is 14.7. The van der Waals surface area contributed by atoms with Gasteiger partial charge in [0.25, 0.3) is 5.91 Å². The molecule has 0 saturated carbocycles. The Bertz CT molecular complexity index is 660. The maximum absolute atomic E-state index is 12.1. The summed E-state index contributed by atoms with van der Waals surface area (Å²) < 4.78 is 0. The van der Waals surface area contributed by atoms with E-state index in [1.165, 1.54) is 18.5 Å². The lowest BCUT2D eigenvalue weighted by Crippen LogP contribution is -2.13. The number of aryl methyl sites for hydroxylation is 2. The molecule has 2 N–H and O–H groups in total. The van der Waals surface area contributed by atoms with Gasteiger partial charge in [-0.05, 0) is 32.0 Å². The summed E-state index contributed by atoms with van der Waals surface area (Å²) in [6.45, 7) is 3.83. The number of benzene rings is 1. The SMILES string of the molecule is Cc1cc(C)cc(C(=O)Nc2cncc(C(=O)O)c2)c1. The molecule has 0 aliphatic heterocycles. The first-order chi connectivity index (χ1) is 9.45. The van der Waals surface area contributed by atoms with E-state index in [0.29, 0.717) is 11.3 Å².